The van der Waals surface area contributed by atoms with Crippen LogP contribution in [0.1, 0.15) is 11.1 Å². The zero-order valence-corrected chi connectivity index (χ0v) is 9.89. The summed E-state index contributed by atoms with van der Waals surface area (Å²) in [7, 11) is 0. The molecule has 2 aromatic rings. The molecule has 86 valence electrons. The van der Waals surface area contributed by atoms with Gasteiger partial charge in [0, 0.05) is 0 Å². The third-order valence-corrected chi connectivity index (χ3v) is 2.81. The molecule has 2 rings (SSSR count). The minimum atomic E-state index is -2.21. The van der Waals surface area contributed by atoms with E-state index < -0.39 is 11.1 Å². The molecule has 0 aliphatic rings. The Bertz CT molecular complexity index is 491. The monoisotopic (exact) mass is 243 g/mol. The summed E-state index contributed by atoms with van der Waals surface area (Å²) >= 11 is -2.21. The summed E-state index contributed by atoms with van der Waals surface area (Å²) in [5, 5.41) is 1.24. The van der Waals surface area contributed by atoms with Crippen molar-refractivity contribution in [1.29, 1.82) is 0 Å². The minimum absolute atomic E-state index is 0.708. The molecule has 0 heterocycles. The van der Waals surface area contributed by atoms with E-state index in [4.69, 9.17) is 0 Å². The fourth-order valence-corrected chi connectivity index (χ4v) is 2.10. The Balaban J connectivity index is 2.51. The molecule has 0 amide bonds. The number of benzene rings is 2. The lowest BCUT2D eigenvalue weighted by atomic mass is 10.00. The fraction of sp³-hybridized carbons (Fsp3) is 0. The second kappa shape index (κ2) is 5.57. The van der Waals surface area contributed by atoms with Gasteiger partial charge in [0.05, 0.1) is 0 Å². The van der Waals surface area contributed by atoms with Gasteiger partial charge in [0.15, 0.2) is 0 Å². The van der Waals surface area contributed by atoms with Crippen molar-refractivity contribution < 1.29 is 8.76 Å². The molecule has 0 aliphatic heterocycles. The average Bonchev–Trinajstić information content (AvgIpc) is 2.38. The molecular weight excluding hydrogens is 232 g/mol. The molecule has 1 atom stereocenters. The van der Waals surface area contributed by atoms with Gasteiger partial charge >= 0.3 is 0 Å². The first kappa shape index (κ1) is 11.8. The molecule has 0 saturated heterocycles. The Hall–Kier alpha value is -1.71. The molecule has 3 heteroatoms. The minimum Gasteiger partial charge on any atom is -0.769 e. The Morgan fingerprint density at radius 2 is 1.29 bits per heavy atom. The quantitative estimate of drug-likeness (QED) is 0.777. The number of rotatable bonds is 3. The molecule has 0 aliphatic carbocycles. The van der Waals surface area contributed by atoms with Gasteiger partial charge in [-0.2, -0.15) is 0 Å². The van der Waals surface area contributed by atoms with Crippen molar-refractivity contribution in [3.8, 4) is 0 Å². The molecule has 0 N–H and O–H groups in total. The highest BCUT2D eigenvalue weighted by molar-refractivity contribution is 7.82. The highest BCUT2D eigenvalue weighted by atomic mass is 32.2. The van der Waals surface area contributed by atoms with Crippen molar-refractivity contribution in [1.82, 2.24) is 0 Å². The number of hydrogen-bond donors (Lipinski definition) is 0. The zero-order valence-electron chi connectivity index (χ0n) is 9.08. The predicted molar refractivity (Wildman–Crippen MR) is 68.9 cm³/mol. The summed E-state index contributed by atoms with van der Waals surface area (Å²) in [6, 6.07) is 18.9. The normalized spacial score (nSPS) is 11.8. The first-order chi connectivity index (χ1) is 8.27. The highest BCUT2D eigenvalue weighted by Gasteiger charge is 2.03. The lowest BCUT2D eigenvalue weighted by Crippen LogP contribution is -1.90. The first-order valence-corrected chi connectivity index (χ1v) is 6.32. The molecule has 2 nitrogen and oxygen atoms in total. The average molecular weight is 243 g/mol. The number of hydrogen-bond acceptors (Lipinski definition) is 2. The molecule has 2 aromatic carbocycles. The zero-order chi connectivity index (χ0) is 12.1. The largest absolute Gasteiger partial charge is 0.769 e. The van der Waals surface area contributed by atoms with E-state index >= 15 is 0 Å². The molecule has 0 saturated carbocycles. The van der Waals surface area contributed by atoms with Gasteiger partial charge in [-0.3, -0.25) is 4.21 Å². The maximum absolute atomic E-state index is 10.9. The summed E-state index contributed by atoms with van der Waals surface area (Å²) in [4.78, 5) is 0. The van der Waals surface area contributed by atoms with Crippen molar-refractivity contribution in [3.05, 3.63) is 77.2 Å². The fourth-order valence-electron chi connectivity index (χ4n) is 1.63. The molecule has 0 fully saturated rings. The topological polar surface area (TPSA) is 40.1 Å². The van der Waals surface area contributed by atoms with E-state index in [1.165, 1.54) is 5.41 Å². The predicted octanol–water partition coefficient (Wildman–Crippen LogP) is 2.95. The maximum atomic E-state index is 10.9. The second-order valence-electron chi connectivity index (χ2n) is 3.52. The van der Waals surface area contributed by atoms with Crippen molar-refractivity contribution in [2.75, 3.05) is 0 Å². The van der Waals surface area contributed by atoms with E-state index in [1.54, 1.807) is 0 Å². The smallest absolute Gasteiger partial charge is 0.00306 e. The van der Waals surface area contributed by atoms with Crippen molar-refractivity contribution >= 4 is 16.7 Å². The molecule has 1 unspecified atom stereocenters. The third-order valence-electron chi connectivity index (χ3n) is 2.38. The van der Waals surface area contributed by atoms with Crippen LogP contribution in [-0.2, 0) is 11.1 Å². The van der Waals surface area contributed by atoms with E-state index in [0.717, 1.165) is 11.1 Å². The van der Waals surface area contributed by atoms with Gasteiger partial charge in [0.25, 0.3) is 0 Å². The standard InChI is InChI=1S/C14H12O2S/c15-17(16)11-14(12-7-3-1-4-8-12)13-9-5-2-6-10-13/h1-11H,(H,15,16)/p-1. The van der Waals surface area contributed by atoms with E-state index in [9.17, 15) is 8.76 Å². The van der Waals surface area contributed by atoms with Crippen LogP contribution in [0.25, 0.3) is 5.57 Å². The van der Waals surface area contributed by atoms with Gasteiger partial charge in [-0.1, -0.05) is 60.7 Å². The summed E-state index contributed by atoms with van der Waals surface area (Å²) in [5.74, 6) is 0. The molecule has 0 spiro atoms. The first-order valence-electron chi connectivity index (χ1n) is 5.18. The summed E-state index contributed by atoms with van der Waals surface area (Å²) < 4.78 is 21.8. The Morgan fingerprint density at radius 1 is 0.882 bits per heavy atom. The van der Waals surface area contributed by atoms with Gasteiger partial charge < -0.3 is 4.55 Å². The van der Waals surface area contributed by atoms with Gasteiger partial charge in [0.2, 0.25) is 0 Å². The highest BCUT2D eigenvalue weighted by Crippen LogP contribution is 2.23. The van der Waals surface area contributed by atoms with Crippen molar-refractivity contribution in [3.63, 3.8) is 0 Å². The lowest BCUT2D eigenvalue weighted by molar-refractivity contribution is 0.546. The van der Waals surface area contributed by atoms with E-state index in [-0.39, 0.29) is 0 Å². The van der Waals surface area contributed by atoms with Crippen LogP contribution in [0.4, 0.5) is 0 Å². The molecular formula is C14H11O2S-. The van der Waals surface area contributed by atoms with Crippen LogP contribution in [0, 0.1) is 0 Å². The second-order valence-corrected chi connectivity index (χ2v) is 4.28. The van der Waals surface area contributed by atoms with Crippen LogP contribution in [-0.4, -0.2) is 8.76 Å². The Kier molecular flexibility index (Phi) is 3.85. The summed E-state index contributed by atoms with van der Waals surface area (Å²) in [5.41, 5.74) is 2.49. The van der Waals surface area contributed by atoms with Gasteiger partial charge in [0.1, 0.15) is 0 Å². The van der Waals surface area contributed by atoms with Crippen molar-refractivity contribution in [2.24, 2.45) is 0 Å². The molecule has 0 aromatic heterocycles. The van der Waals surface area contributed by atoms with Gasteiger partial charge in [-0.05, 0) is 33.2 Å². The van der Waals surface area contributed by atoms with Crippen LogP contribution in [0.3, 0.4) is 0 Å². The van der Waals surface area contributed by atoms with E-state index in [1.807, 2.05) is 60.7 Å². The van der Waals surface area contributed by atoms with Crippen LogP contribution in [0.5, 0.6) is 0 Å². The summed E-state index contributed by atoms with van der Waals surface area (Å²) in [6.45, 7) is 0. The maximum Gasteiger partial charge on any atom is -0.00306 e. The van der Waals surface area contributed by atoms with E-state index in [0.29, 0.717) is 5.57 Å². The molecule has 0 radical (unpaired) electrons. The lowest BCUT2D eigenvalue weighted by Gasteiger charge is -2.09. The van der Waals surface area contributed by atoms with Crippen LogP contribution in [0.2, 0.25) is 0 Å². The van der Waals surface area contributed by atoms with Crippen LogP contribution >= 0.6 is 0 Å². The van der Waals surface area contributed by atoms with Gasteiger partial charge in [-0.25, -0.2) is 0 Å². The van der Waals surface area contributed by atoms with Crippen molar-refractivity contribution in [2.45, 2.75) is 0 Å². The Labute approximate surface area is 103 Å². The van der Waals surface area contributed by atoms with Crippen LogP contribution < -0.4 is 0 Å². The third kappa shape index (κ3) is 3.12. The Morgan fingerprint density at radius 3 is 1.65 bits per heavy atom. The van der Waals surface area contributed by atoms with Crippen LogP contribution in [0.15, 0.2) is 66.1 Å². The van der Waals surface area contributed by atoms with Gasteiger partial charge in [-0.15, -0.1) is 0 Å². The van der Waals surface area contributed by atoms with E-state index in [2.05, 4.69) is 0 Å². The molecule has 0 bridgehead atoms. The molecule has 17 heavy (non-hydrogen) atoms. The summed E-state index contributed by atoms with van der Waals surface area (Å²) in [6.07, 6.45) is 0. The SMILES string of the molecule is O=S([O-])C=C(c1ccccc1)c1ccccc1.